The lowest BCUT2D eigenvalue weighted by molar-refractivity contribution is 0.417. The Labute approximate surface area is 93.9 Å². The van der Waals surface area contributed by atoms with E-state index < -0.39 is 0 Å². The molecule has 1 N–H and O–H groups in total. The van der Waals surface area contributed by atoms with Crippen LogP contribution in [0.5, 0.6) is 0 Å². The molecule has 0 amide bonds. The second-order valence-corrected chi connectivity index (χ2v) is 5.04. The molecule has 1 aromatic heterocycles. The van der Waals surface area contributed by atoms with E-state index in [0.717, 1.165) is 30.6 Å². The van der Waals surface area contributed by atoms with E-state index in [1.807, 2.05) is 0 Å². The molecule has 0 aromatic carbocycles. The molecule has 1 aromatic rings. The highest BCUT2D eigenvalue weighted by Crippen LogP contribution is 2.39. The predicted octanol–water partition coefficient (Wildman–Crippen LogP) is 1.21. The van der Waals surface area contributed by atoms with Gasteiger partial charge in [0.25, 0.3) is 0 Å². The van der Waals surface area contributed by atoms with Gasteiger partial charge in [-0.25, -0.2) is 4.98 Å². The zero-order chi connectivity index (χ0) is 10.3. The largest absolute Gasteiger partial charge is 0.342 e. The molecule has 2 heterocycles. The second-order valence-electron chi connectivity index (χ2n) is 4.31. The lowest BCUT2D eigenvalue weighted by Gasteiger charge is -2.37. The van der Waals surface area contributed by atoms with Crippen LogP contribution in [-0.2, 0) is 0 Å². The molecule has 2 fully saturated rings. The van der Waals surface area contributed by atoms with Gasteiger partial charge < -0.3 is 10.2 Å². The van der Waals surface area contributed by atoms with Crippen molar-refractivity contribution in [1.29, 1.82) is 0 Å². The molecule has 0 bridgehead atoms. The summed E-state index contributed by atoms with van der Waals surface area (Å²) in [5.74, 6) is 1.76. The van der Waals surface area contributed by atoms with E-state index in [-0.39, 0.29) is 0 Å². The van der Waals surface area contributed by atoms with Crippen LogP contribution in [0.2, 0.25) is 0 Å². The number of nitrogens with one attached hydrogen (secondary N) is 1. The van der Waals surface area contributed by atoms with Gasteiger partial charge in [-0.1, -0.05) is 0 Å². The molecule has 1 saturated heterocycles. The highest BCUT2D eigenvalue weighted by molar-refractivity contribution is 7.09. The number of nitrogens with zero attached hydrogens (tertiary/aromatic N) is 3. The van der Waals surface area contributed by atoms with Crippen LogP contribution in [0.3, 0.4) is 0 Å². The van der Waals surface area contributed by atoms with Crippen LogP contribution in [0.4, 0.5) is 5.13 Å². The van der Waals surface area contributed by atoms with E-state index in [1.165, 1.54) is 12.8 Å². The summed E-state index contributed by atoms with van der Waals surface area (Å²) in [7, 11) is 0. The summed E-state index contributed by atoms with van der Waals surface area (Å²) in [5.41, 5.74) is 0. The molecule has 1 saturated carbocycles. The fourth-order valence-corrected chi connectivity index (χ4v) is 2.78. The summed E-state index contributed by atoms with van der Waals surface area (Å²) in [5, 5.41) is 4.42. The smallest absolute Gasteiger partial charge is 0.205 e. The monoisotopic (exact) mass is 224 g/mol. The maximum absolute atomic E-state index is 4.65. The van der Waals surface area contributed by atoms with Gasteiger partial charge in [-0.15, -0.1) is 0 Å². The number of aromatic nitrogens is 2. The fourth-order valence-electron chi connectivity index (χ4n) is 1.89. The SMILES string of the molecule is CCN(c1nc(C2CC2)ns1)C1CNC1. The minimum atomic E-state index is 0.634. The topological polar surface area (TPSA) is 41.1 Å². The lowest BCUT2D eigenvalue weighted by atomic mass is 10.1. The van der Waals surface area contributed by atoms with E-state index in [4.69, 9.17) is 0 Å². The van der Waals surface area contributed by atoms with Gasteiger partial charge in [0.2, 0.25) is 5.13 Å². The molecule has 3 rings (SSSR count). The molecular formula is C10H16N4S. The summed E-state index contributed by atoms with van der Waals surface area (Å²) in [4.78, 5) is 7.03. The van der Waals surface area contributed by atoms with Crippen LogP contribution >= 0.6 is 11.5 Å². The van der Waals surface area contributed by atoms with E-state index in [2.05, 4.69) is 26.5 Å². The Hall–Kier alpha value is -0.680. The van der Waals surface area contributed by atoms with E-state index in [1.54, 1.807) is 11.5 Å². The Morgan fingerprint density at radius 3 is 2.80 bits per heavy atom. The second kappa shape index (κ2) is 3.72. The van der Waals surface area contributed by atoms with Gasteiger partial charge in [0, 0.05) is 37.1 Å². The van der Waals surface area contributed by atoms with Crippen molar-refractivity contribution in [3.05, 3.63) is 5.82 Å². The Balaban J connectivity index is 1.76. The van der Waals surface area contributed by atoms with E-state index >= 15 is 0 Å². The first kappa shape index (κ1) is 9.54. The van der Waals surface area contributed by atoms with Crippen LogP contribution < -0.4 is 10.2 Å². The zero-order valence-electron chi connectivity index (χ0n) is 8.94. The van der Waals surface area contributed by atoms with Gasteiger partial charge in [0.1, 0.15) is 5.82 Å². The van der Waals surface area contributed by atoms with Crippen molar-refractivity contribution in [3.8, 4) is 0 Å². The fraction of sp³-hybridized carbons (Fsp3) is 0.800. The number of hydrogen-bond acceptors (Lipinski definition) is 5. The van der Waals surface area contributed by atoms with Crippen LogP contribution in [0, 0.1) is 0 Å². The van der Waals surface area contributed by atoms with Crippen molar-refractivity contribution in [2.45, 2.75) is 31.7 Å². The first-order valence-corrected chi connectivity index (χ1v) is 6.46. The lowest BCUT2D eigenvalue weighted by Crippen LogP contribution is -2.57. The van der Waals surface area contributed by atoms with E-state index in [9.17, 15) is 0 Å². The highest BCUT2D eigenvalue weighted by atomic mass is 32.1. The third-order valence-corrected chi connectivity index (χ3v) is 3.93. The van der Waals surface area contributed by atoms with Crippen molar-refractivity contribution < 1.29 is 0 Å². The Morgan fingerprint density at radius 2 is 2.27 bits per heavy atom. The molecule has 0 atom stereocenters. The molecule has 82 valence electrons. The molecule has 1 aliphatic heterocycles. The Morgan fingerprint density at radius 1 is 1.47 bits per heavy atom. The summed E-state index contributed by atoms with van der Waals surface area (Å²) in [6.45, 7) is 5.40. The average molecular weight is 224 g/mol. The number of anilines is 1. The Bertz CT molecular complexity index is 343. The van der Waals surface area contributed by atoms with Crippen LogP contribution in [-0.4, -0.2) is 35.0 Å². The normalized spacial score (nSPS) is 21.4. The maximum atomic E-state index is 4.65. The van der Waals surface area contributed by atoms with Crippen molar-refractivity contribution in [1.82, 2.24) is 14.7 Å². The minimum absolute atomic E-state index is 0.634. The molecular weight excluding hydrogens is 208 g/mol. The van der Waals surface area contributed by atoms with Gasteiger partial charge in [0.15, 0.2) is 0 Å². The molecule has 1 aliphatic carbocycles. The quantitative estimate of drug-likeness (QED) is 0.834. The Kier molecular flexibility index (Phi) is 2.36. The van der Waals surface area contributed by atoms with Gasteiger partial charge in [-0.3, -0.25) is 0 Å². The maximum Gasteiger partial charge on any atom is 0.205 e. The zero-order valence-corrected chi connectivity index (χ0v) is 9.76. The molecule has 5 heteroatoms. The van der Waals surface area contributed by atoms with Crippen molar-refractivity contribution in [2.75, 3.05) is 24.5 Å². The molecule has 2 aliphatic rings. The highest BCUT2D eigenvalue weighted by Gasteiger charge is 2.30. The molecule has 0 unspecified atom stereocenters. The third-order valence-electron chi connectivity index (χ3n) is 3.16. The predicted molar refractivity (Wildman–Crippen MR) is 61.6 cm³/mol. The molecule has 15 heavy (non-hydrogen) atoms. The average Bonchev–Trinajstić information content (AvgIpc) is 2.91. The standard InChI is InChI=1S/C10H16N4S/c1-2-14(8-5-11-6-8)10-12-9(13-15-10)7-3-4-7/h7-8,11H,2-6H2,1H3. The number of rotatable bonds is 4. The number of hydrogen-bond donors (Lipinski definition) is 1. The minimum Gasteiger partial charge on any atom is -0.342 e. The van der Waals surface area contributed by atoms with Crippen LogP contribution in [0.1, 0.15) is 31.5 Å². The van der Waals surface area contributed by atoms with Gasteiger partial charge in [0.05, 0.1) is 6.04 Å². The van der Waals surface area contributed by atoms with Gasteiger partial charge in [-0.2, -0.15) is 4.37 Å². The van der Waals surface area contributed by atoms with Crippen LogP contribution in [0.25, 0.3) is 0 Å². The van der Waals surface area contributed by atoms with Crippen LogP contribution in [0.15, 0.2) is 0 Å². The van der Waals surface area contributed by atoms with Crippen molar-refractivity contribution >= 4 is 16.7 Å². The van der Waals surface area contributed by atoms with Crippen molar-refractivity contribution in [2.24, 2.45) is 0 Å². The summed E-state index contributed by atoms with van der Waals surface area (Å²) in [6.07, 6.45) is 2.57. The van der Waals surface area contributed by atoms with E-state index in [0.29, 0.717) is 12.0 Å². The van der Waals surface area contributed by atoms with Gasteiger partial charge >= 0.3 is 0 Å². The third kappa shape index (κ3) is 1.74. The number of likely N-dealkylation sites (N-methyl/N-ethyl adjacent to an activating group) is 1. The molecule has 0 spiro atoms. The molecule has 4 nitrogen and oxygen atoms in total. The molecule has 0 radical (unpaired) electrons. The van der Waals surface area contributed by atoms with Crippen molar-refractivity contribution in [3.63, 3.8) is 0 Å². The first-order valence-electron chi connectivity index (χ1n) is 5.69. The summed E-state index contributed by atoms with van der Waals surface area (Å²) < 4.78 is 4.46. The summed E-state index contributed by atoms with van der Waals surface area (Å²) in [6, 6.07) is 0.634. The van der Waals surface area contributed by atoms with Gasteiger partial charge in [-0.05, 0) is 19.8 Å². The summed E-state index contributed by atoms with van der Waals surface area (Å²) >= 11 is 1.57. The first-order chi connectivity index (χ1) is 7.38.